The molecular formula is C12H19NO2S. The lowest BCUT2D eigenvalue weighted by molar-refractivity contribution is 0.0701. The van der Waals surface area contributed by atoms with Gasteiger partial charge >= 0.3 is 5.97 Å². The van der Waals surface area contributed by atoms with Crippen LogP contribution in [0.2, 0.25) is 0 Å². The SMILES string of the molecule is CCC(C)C(C)NCc1ccsc1C(=O)O. The minimum absolute atomic E-state index is 0.409. The highest BCUT2D eigenvalue weighted by Crippen LogP contribution is 2.17. The predicted octanol–water partition coefficient (Wildman–Crippen LogP) is 2.97. The molecule has 1 heterocycles. The van der Waals surface area contributed by atoms with Gasteiger partial charge in [-0.15, -0.1) is 11.3 Å². The highest BCUT2D eigenvalue weighted by atomic mass is 32.1. The molecule has 0 saturated heterocycles. The monoisotopic (exact) mass is 241 g/mol. The van der Waals surface area contributed by atoms with Crippen LogP contribution >= 0.6 is 11.3 Å². The van der Waals surface area contributed by atoms with Gasteiger partial charge in [0.1, 0.15) is 4.88 Å². The Morgan fingerprint density at radius 3 is 2.81 bits per heavy atom. The van der Waals surface area contributed by atoms with Crippen LogP contribution in [0.15, 0.2) is 11.4 Å². The number of carbonyl (C=O) groups is 1. The zero-order valence-corrected chi connectivity index (χ0v) is 10.8. The van der Waals surface area contributed by atoms with Gasteiger partial charge in [0.25, 0.3) is 0 Å². The molecule has 0 bridgehead atoms. The Labute approximate surface area is 100 Å². The van der Waals surface area contributed by atoms with Crippen LogP contribution in [-0.4, -0.2) is 17.1 Å². The molecule has 0 aromatic carbocycles. The molecule has 0 aliphatic rings. The first-order chi connectivity index (χ1) is 7.56. The molecule has 16 heavy (non-hydrogen) atoms. The van der Waals surface area contributed by atoms with Gasteiger partial charge in [-0.2, -0.15) is 0 Å². The normalized spacial score (nSPS) is 14.7. The maximum absolute atomic E-state index is 10.9. The third kappa shape index (κ3) is 3.32. The number of nitrogens with one attached hydrogen (secondary N) is 1. The Morgan fingerprint density at radius 2 is 2.25 bits per heavy atom. The molecule has 2 atom stereocenters. The number of rotatable bonds is 6. The van der Waals surface area contributed by atoms with Crippen molar-refractivity contribution in [3.8, 4) is 0 Å². The zero-order chi connectivity index (χ0) is 12.1. The van der Waals surface area contributed by atoms with Gasteiger partial charge in [0, 0.05) is 12.6 Å². The summed E-state index contributed by atoms with van der Waals surface area (Å²) in [5, 5.41) is 14.2. The highest BCUT2D eigenvalue weighted by molar-refractivity contribution is 7.12. The van der Waals surface area contributed by atoms with Crippen LogP contribution in [0, 0.1) is 5.92 Å². The molecule has 0 aliphatic heterocycles. The number of hydrogen-bond donors (Lipinski definition) is 2. The zero-order valence-electron chi connectivity index (χ0n) is 9.99. The summed E-state index contributed by atoms with van der Waals surface area (Å²) in [5.41, 5.74) is 0.882. The van der Waals surface area contributed by atoms with Crippen molar-refractivity contribution in [2.24, 2.45) is 5.92 Å². The van der Waals surface area contributed by atoms with Gasteiger partial charge in [0.05, 0.1) is 0 Å². The lowest BCUT2D eigenvalue weighted by Gasteiger charge is -2.19. The van der Waals surface area contributed by atoms with Gasteiger partial charge < -0.3 is 10.4 Å². The third-order valence-corrected chi connectivity index (χ3v) is 4.00. The van der Waals surface area contributed by atoms with E-state index in [0.29, 0.717) is 23.4 Å². The van der Waals surface area contributed by atoms with Crippen molar-refractivity contribution in [1.82, 2.24) is 5.32 Å². The van der Waals surface area contributed by atoms with Gasteiger partial charge in [-0.25, -0.2) is 4.79 Å². The van der Waals surface area contributed by atoms with Crippen molar-refractivity contribution in [2.45, 2.75) is 39.8 Å². The van der Waals surface area contributed by atoms with Crippen LogP contribution < -0.4 is 5.32 Å². The molecule has 2 unspecified atom stereocenters. The Kier molecular flexibility index (Phi) is 4.96. The van der Waals surface area contributed by atoms with E-state index in [-0.39, 0.29) is 0 Å². The van der Waals surface area contributed by atoms with Crippen molar-refractivity contribution in [3.63, 3.8) is 0 Å². The fourth-order valence-corrected chi connectivity index (χ4v) is 2.25. The summed E-state index contributed by atoms with van der Waals surface area (Å²) < 4.78 is 0. The predicted molar refractivity (Wildman–Crippen MR) is 67.0 cm³/mol. The largest absolute Gasteiger partial charge is 0.477 e. The van der Waals surface area contributed by atoms with Crippen LogP contribution in [0.4, 0.5) is 0 Å². The molecule has 0 amide bonds. The van der Waals surface area contributed by atoms with Gasteiger partial charge in [0.15, 0.2) is 0 Å². The third-order valence-electron chi connectivity index (χ3n) is 3.05. The summed E-state index contributed by atoms with van der Waals surface area (Å²) in [6, 6.07) is 2.29. The minimum Gasteiger partial charge on any atom is -0.477 e. The maximum atomic E-state index is 10.9. The van der Waals surface area contributed by atoms with Crippen molar-refractivity contribution in [1.29, 1.82) is 0 Å². The second kappa shape index (κ2) is 6.01. The summed E-state index contributed by atoms with van der Waals surface area (Å²) in [6.45, 7) is 7.14. The quantitative estimate of drug-likeness (QED) is 0.805. The molecule has 0 saturated carbocycles. The lowest BCUT2D eigenvalue weighted by atomic mass is 10.0. The molecule has 0 spiro atoms. The number of thiophene rings is 1. The number of carboxylic acid groups (broad SMARTS) is 1. The summed E-state index contributed by atoms with van der Waals surface area (Å²) in [4.78, 5) is 11.3. The molecular weight excluding hydrogens is 222 g/mol. The first kappa shape index (κ1) is 13.2. The number of aromatic carboxylic acids is 1. The van der Waals surface area contributed by atoms with Gasteiger partial charge in [-0.1, -0.05) is 20.3 Å². The van der Waals surface area contributed by atoms with E-state index in [9.17, 15) is 4.79 Å². The number of carboxylic acids is 1. The molecule has 2 N–H and O–H groups in total. The van der Waals surface area contributed by atoms with E-state index in [0.717, 1.165) is 12.0 Å². The van der Waals surface area contributed by atoms with E-state index in [1.807, 2.05) is 11.4 Å². The summed E-state index contributed by atoms with van der Waals surface area (Å²) in [7, 11) is 0. The van der Waals surface area contributed by atoms with Crippen LogP contribution in [0.1, 0.15) is 42.4 Å². The van der Waals surface area contributed by atoms with Crippen molar-refractivity contribution >= 4 is 17.3 Å². The Balaban J connectivity index is 2.54. The van der Waals surface area contributed by atoms with E-state index in [1.165, 1.54) is 11.3 Å². The Bertz CT molecular complexity index is 349. The molecule has 3 nitrogen and oxygen atoms in total. The van der Waals surface area contributed by atoms with Crippen molar-refractivity contribution in [3.05, 3.63) is 21.9 Å². The van der Waals surface area contributed by atoms with E-state index >= 15 is 0 Å². The topological polar surface area (TPSA) is 49.3 Å². The second-order valence-corrected chi connectivity index (χ2v) is 5.05. The van der Waals surface area contributed by atoms with Crippen molar-refractivity contribution < 1.29 is 9.90 Å². The highest BCUT2D eigenvalue weighted by Gasteiger charge is 2.14. The molecule has 0 aliphatic carbocycles. The standard InChI is InChI=1S/C12H19NO2S/c1-4-8(2)9(3)13-7-10-5-6-16-11(10)12(14)15/h5-6,8-9,13H,4,7H2,1-3H3,(H,14,15). The van der Waals surface area contributed by atoms with E-state index in [1.54, 1.807) is 0 Å². The van der Waals surface area contributed by atoms with Crippen LogP contribution in [0.5, 0.6) is 0 Å². The first-order valence-electron chi connectivity index (χ1n) is 5.59. The average Bonchev–Trinajstić information content (AvgIpc) is 2.72. The minimum atomic E-state index is -0.831. The molecule has 0 fully saturated rings. The molecule has 4 heteroatoms. The van der Waals surface area contributed by atoms with Gasteiger partial charge in [0.2, 0.25) is 0 Å². The Hall–Kier alpha value is -0.870. The van der Waals surface area contributed by atoms with E-state index in [2.05, 4.69) is 26.1 Å². The van der Waals surface area contributed by atoms with Crippen LogP contribution in [-0.2, 0) is 6.54 Å². The summed E-state index contributed by atoms with van der Waals surface area (Å²) in [5.74, 6) is -0.227. The van der Waals surface area contributed by atoms with E-state index < -0.39 is 5.97 Å². The summed E-state index contributed by atoms with van der Waals surface area (Å²) in [6.07, 6.45) is 1.13. The summed E-state index contributed by atoms with van der Waals surface area (Å²) >= 11 is 1.28. The Morgan fingerprint density at radius 1 is 1.56 bits per heavy atom. The number of hydrogen-bond acceptors (Lipinski definition) is 3. The molecule has 0 radical (unpaired) electrons. The molecule has 1 rings (SSSR count). The molecule has 1 aromatic rings. The van der Waals surface area contributed by atoms with Crippen molar-refractivity contribution in [2.75, 3.05) is 0 Å². The van der Waals surface area contributed by atoms with Gasteiger partial charge in [-0.05, 0) is 29.9 Å². The fourth-order valence-electron chi connectivity index (χ4n) is 1.49. The van der Waals surface area contributed by atoms with Gasteiger partial charge in [-0.3, -0.25) is 0 Å². The molecule has 90 valence electrons. The fraction of sp³-hybridized carbons (Fsp3) is 0.583. The first-order valence-corrected chi connectivity index (χ1v) is 6.47. The smallest absolute Gasteiger partial charge is 0.346 e. The average molecular weight is 241 g/mol. The second-order valence-electron chi connectivity index (χ2n) is 4.14. The maximum Gasteiger partial charge on any atom is 0.346 e. The van der Waals surface area contributed by atoms with E-state index in [4.69, 9.17) is 5.11 Å². The lowest BCUT2D eigenvalue weighted by Crippen LogP contribution is -2.31. The molecule has 1 aromatic heterocycles. The van der Waals surface area contributed by atoms with Crippen LogP contribution in [0.25, 0.3) is 0 Å². The van der Waals surface area contributed by atoms with Crippen LogP contribution in [0.3, 0.4) is 0 Å².